The number of carbonyl (C=O) groups excluding carboxylic acids is 2. The van der Waals surface area contributed by atoms with Crippen molar-refractivity contribution in [1.82, 2.24) is 5.32 Å². The number of amides is 1. The Morgan fingerprint density at radius 3 is 2.50 bits per heavy atom. The van der Waals surface area contributed by atoms with Crippen molar-refractivity contribution in [3.8, 4) is 0 Å². The number of ether oxygens (including phenoxy) is 1. The zero-order valence-corrected chi connectivity index (χ0v) is 16.8. The highest BCUT2D eigenvalue weighted by Gasteiger charge is 2.22. The summed E-state index contributed by atoms with van der Waals surface area (Å²) in [6, 6.07) is 17.7. The van der Waals surface area contributed by atoms with Gasteiger partial charge in [-0.15, -0.1) is 0 Å². The third kappa shape index (κ3) is 5.16. The van der Waals surface area contributed by atoms with Gasteiger partial charge in [-0.25, -0.2) is 4.79 Å². The van der Waals surface area contributed by atoms with Gasteiger partial charge in [-0.05, 0) is 25.5 Å². The van der Waals surface area contributed by atoms with Crippen molar-refractivity contribution >= 4 is 34.6 Å². The number of carbonyl (C=O) groups is 2. The van der Waals surface area contributed by atoms with Gasteiger partial charge in [0, 0.05) is 28.5 Å². The van der Waals surface area contributed by atoms with Gasteiger partial charge in [0.1, 0.15) is 5.58 Å². The molecule has 0 aliphatic heterocycles. The molecular formula is C22H23NO4S. The lowest BCUT2D eigenvalue weighted by Gasteiger charge is -2.08. The van der Waals surface area contributed by atoms with Crippen molar-refractivity contribution in [1.29, 1.82) is 0 Å². The lowest BCUT2D eigenvalue weighted by atomic mass is 10.1. The Balaban J connectivity index is 1.73. The average Bonchev–Trinajstić information content (AvgIpc) is 3.05. The first-order valence-corrected chi connectivity index (χ1v) is 10.3. The van der Waals surface area contributed by atoms with E-state index in [-0.39, 0.29) is 24.3 Å². The van der Waals surface area contributed by atoms with Crippen LogP contribution in [0.5, 0.6) is 0 Å². The highest BCUT2D eigenvalue weighted by molar-refractivity contribution is 7.97. The zero-order valence-electron chi connectivity index (χ0n) is 15.9. The van der Waals surface area contributed by atoms with E-state index in [4.69, 9.17) is 9.15 Å². The zero-order chi connectivity index (χ0) is 19.9. The molecule has 5 nitrogen and oxygen atoms in total. The molecule has 3 rings (SSSR count). The molecule has 0 saturated carbocycles. The normalized spacial score (nSPS) is 11.0. The quantitative estimate of drug-likeness (QED) is 0.565. The maximum atomic E-state index is 12.6. The lowest BCUT2D eigenvalue weighted by molar-refractivity contribution is -0.124. The topological polar surface area (TPSA) is 68.5 Å². The van der Waals surface area contributed by atoms with E-state index in [2.05, 4.69) is 17.4 Å². The van der Waals surface area contributed by atoms with Gasteiger partial charge >= 0.3 is 5.97 Å². The van der Waals surface area contributed by atoms with E-state index in [0.29, 0.717) is 11.3 Å². The molecule has 1 amide bonds. The summed E-state index contributed by atoms with van der Waals surface area (Å²) in [7, 11) is 0. The molecule has 6 heteroatoms. The highest BCUT2D eigenvalue weighted by Crippen LogP contribution is 2.30. The predicted molar refractivity (Wildman–Crippen MR) is 111 cm³/mol. The molecule has 0 atom stereocenters. The molecule has 0 aliphatic carbocycles. The molecule has 3 aromatic rings. The Bertz CT molecular complexity index is 950. The van der Waals surface area contributed by atoms with Crippen LogP contribution in [0.15, 0.2) is 59.0 Å². The fraction of sp³-hybridized carbons (Fsp3) is 0.273. The minimum Gasteiger partial charge on any atom is -0.450 e. The van der Waals surface area contributed by atoms with Gasteiger partial charge in [0.05, 0.1) is 0 Å². The van der Waals surface area contributed by atoms with E-state index in [0.717, 1.165) is 16.7 Å². The molecule has 2 aromatic carbocycles. The minimum absolute atomic E-state index is 0.0117. The number of furan rings is 1. The predicted octanol–water partition coefficient (Wildman–Crippen LogP) is 4.55. The number of nitrogens with one attached hydrogen (secondary N) is 1. The maximum Gasteiger partial charge on any atom is 0.375 e. The first-order valence-electron chi connectivity index (χ1n) is 9.13. The van der Waals surface area contributed by atoms with E-state index < -0.39 is 5.97 Å². The molecule has 0 bridgehead atoms. The standard InChI is InChI=1S/C22H23NO4S/c1-15(2)23-20(24)12-26-22(25)21-18(17-10-6-7-11-19(17)27-21)14-28-13-16-8-4-3-5-9-16/h3-11,15H,12-14H2,1-2H3,(H,23,24). The van der Waals surface area contributed by atoms with E-state index >= 15 is 0 Å². The van der Waals surface area contributed by atoms with E-state index in [1.54, 1.807) is 11.8 Å². The number of rotatable bonds is 8. The first kappa shape index (κ1) is 20.0. The van der Waals surface area contributed by atoms with Crippen LogP contribution in [0.2, 0.25) is 0 Å². The summed E-state index contributed by atoms with van der Waals surface area (Å²) in [5.74, 6) is 0.643. The molecule has 1 N–H and O–H groups in total. The van der Waals surface area contributed by atoms with Gasteiger partial charge in [-0.3, -0.25) is 4.79 Å². The van der Waals surface area contributed by atoms with Gasteiger partial charge < -0.3 is 14.5 Å². The third-order valence-electron chi connectivity index (χ3n) is 4.03. The van der Waals surface area contributed by atoms with E-state index in [9.17, 15) is 9.59 Å². The van der Waals surface area contributed by atoms with Crippen molar-refractivity contribution < 1.29 is 18.7 Å². The summed E-state index contributed by atoms with van der Waals surface area (Å²) in [5.41, 5.74) is 2.65. The van der Waals surface area contributed by atoms with Crippen LogP contribution >= 0.6 is 11.8 Å². The van der Waals surface area contributed by atoms with Crippen LogP contribution in [0.4, 0.5) is 0 Å². The number of hydrogen-bond donors (Lipinski definition) is 1. The fourth-order valence-corrected chi connectivity index (χ4v) is 3.83. The first-order chi connectivity index (χ1) is 13.5. The van der Waals surface area contributed by atoms with Gasteiger partial charge in [0.15, 0.2) is 6.61 Å². The Hall–Kier alpha value is -2.73. The largest absolute Gasteiger partial charge is 0.450 e. The van der Waals surface area contributed by atoms with Crippen LogP contribution in [0, 0.1) is 0 Å². The third-order valence-corrected chi connectivity index (χ3v) is 5.06. The van der Waals surface area contributed by atoms with E-state index in [1.807, 2.05) is 56.3 Å². The Labute approximate surface area is 168 Å². The van der Waals surface area contributed by atoms with Crippen molar-refractivity contribution in [3.63, 3.8) is 0 Å². The summed E-state index contributed by atoms with van der Waals surface area (Å²) < 4.78 is 10.9. The molecule has 0 radical (unpaired) electrons. The van der Waals surface area contributed by atoms with Crippen molar-refractivity contribution in [2.45, 2.75) is 31.4 Å². The number of para-hydroxylation sites is 1. The van der Waals surface area contributed by atoms with Crippen molar-refractivity contribution in [3.05, 3.63) is 71.5 Å². The van der Waals surface area contributed by atoms with Crippen LogP contribution in [0.25, 0.3) is 11.0 Å². The molecule has 28 heavy (non-hydrogen) atoms. The maximum absolute atomic E-state index is 12.6. The fourth-order valence-electron chi connectivity index (χ4n) is 2.81. The number of esters is 1. The average molecular weight is 397 g/mol. The summed E-state index contributed by atoms with van der Waals surface area (Å²) in [6.45, 7) is 3.37. The summed E-state index contributed by atoms with van der Waals surface area (Å²) >= 11 is 1.70. The van der Waals surface area contributed by atoms with Crippen LogP contribution in [-0.4, -0.2) is 24.5 Å². The Morgan fingerprint density at radius 2 is 1.75 bits per heavy atom. The molecule has 146 valence electrons. The van der Waals surface area contributed by atoms with Gasteiger partial charge in [0.25, 0.3) is 5.91 Å². The van der Waals surface area contributed by atoms with Gasteiger partial charge in [-0.1, -0.05) is 48.5 Å². The SMILES string of the molecule is CC(C)NC(=O)COC(=O)c1oc2ccccc2c1CSCc1ccccc1. The Kier molecular flexibility index (Phi) is 6.76. The van der Waals surface area contributed by atoms with Crippen molar-refractivity contribution in [2.24, 2.45) is 0 Å². The van der Waals surface area contributed by atoms with Crippen molar-refractivity contribution in [2.75, 3.05) is 6.61 Å². The molecule has 1 aromatic heterocycles. The second-order valence-electron chi connectivity index (χ2n) is 6.68. The van der Waals surface area contributed by atoms with Gasteiger partial charge in [-0.2, -0.15) is 11.8 Å². The number of thioether (sulfide) groups is 1. The number of benzene rings is 2. The monoisotopic (exact) mass is 397 g/mol. The molecule has 0 spiro atoms. The summed E-state index contributed by atoms with van der Waals surface area (Å²) in [4.78, 5) is 24.3. The number of fused-ring (bicyclic) bond motifs is 1. The Morgan fingerprint density at radius 1 is 1.04 bits per heavy atom. The number of hydrogen-bond acceptors (Lipinski definition) is 5. The molecular weight excluding hydrogens is 374 g/mol. The summed E-state index contributed by atoms with van der Waals surface area (Å²) in [5, 5.41) is 3.58. The molecule has 0 fully saturated rings. The van der Waals surface area contributed by atoms with Crippen LogP contribution in [0.3, 0.4) is 0 Å². The van der Waals surface area contributed by atoms with Crippen LogP contribution < -0.4 is 5.32 Å². The molecule has 1 heterocycles. The highest BCUT2D eigenvalue weighted by atomic mass is 32.2. The molecule has 0 aliphatic rings. The van der Waals surface area contributed by atoms with Crippen LogP contribution in [-0.2, 0) is 21.0 Å². The van der Waals surface area contributed by atoms with Gasteiger partial charge in [0.2, 0.25) is 5.76 Å². The van der Waals surface area contributed by atoms with Crippen LogP contribution in [0.1, 0.15) is 35.5 Å². The molecule has 0 saturated heterocycles. The molecule has 0 unspecified atom stereocenters. The summed E-state index contributed by atoms with van der Waals surface area (Å²) in [6.07, 6.45) is 0. The second-order valence-corrected chi connectivity index (χ2v) is 7.67. The second kappa shape index (κ2) is 9.46. The minimum atomic E-state index is -0.620. The smallest absolute Gasteiger partial charge is 0.375 e. The van der Waals surface area contributed by atoms with E-state index in [1.165, 1.54) is 5.56 Å². The lowest BCUT2D eigenvalue weighted by Crippen LogP contribution is -2.34.